The fourth-order valence-electron chi connectivity index (χ4n) is 1.48. The molecule has 5 N–H and O–H groups in total. The zero-order valence-corrected chi connectivity index (χ0v) is 11.6. The van der Waals surface area contributed by atoms with Gasteiger partial charge in [0.25, 0.3) is 10.1 Å². The molecule has 0 amide bonds. The topological polar surface area (TPSA) is 212 Å². The average molecular weight is 326 g/mol. The summed E-state index contributed by atoms with van der Waals surface area (Å²) >= 11 is 0. The monoisotopic (exact) mass is 326 g/mol. The van der Waals surface area contributed by atoms with Crippen molar-refractivity contribution >= 4 is 21.7 Å². The molecule has 1 aromatic rings. The number of nitrogens with one attached hydrogen (secondary N) is 4. The predicted molar refractivity (Wildman–Crippen MR) is 69.9 cm³/mol. The molecule has 11 nitrogen and oxygen atoms in total. The van der Waals surface area contributed by atoms with Crippen molar-refractivity contribution in [2.24, 2.45) is 0 Å². The van der Waals surface area contributed by atoms with Crippen molar-refractivity contribution in [2.45, 2.75) is 0 Å². The smallest absolute Gasteiger partial charge is 0.289 e. The fourth-order valence-corrected chi connectivity index (χ4v) is 2.08. The molecule has 0 spiro atoms. The van der Waals surface area contributed by atoms with Crippen molar-refractivity contribution in [3.05, 3.63) is 46.4 Å². The number of rotatable bonds is 1. The maximum atomic E-state index is 11.6. The summed E-state index contributed by atoms with van der Waals surface area (Å²) in [6.45, 7) is 0. The molecule has 0 heterocycles. The van der Waals surface area contributed by atoms with Crippen LogP contribution in [0.3, 0.4) is 0 Å². The van der Waals surface area contributed by atoms with Crippen LogP contribution in [0.2, 0.25) is 0 Å². The van der Waals surface area contributed by atoms with Crippen LogP contribution in [0.1, 0.15) is 20.7 Å². The number of benzene rings is 1. The largest absolute Gasteiger partial charge is 0.298 e. The Labute approximate surface area is 123 Å². The van der Waals surface area contributed by atoms with Crippen molar-refractivity contribution in [3.63, 3.8) is 0 Å². The molecule has 0 radical (unpaired) electrons. The average Bonchev–Trinajstić information content (AvgIpc) is 2.43. The number of hydrogen-bond acceptors (Lipinski definition) is 8. The van der Waals surface area contributed by atoms with Crippen molar-refractivity contribution in [2.75, 3.05) is 0 Å². The molecule has 22 heavy (non-hydrogen) atoms. The van der Waals surface area contributed by atoms with E-state index in [1.807, 2.05) is 9.82 Å². The van der Waals surface area contributed by atoms with Crippen molar-refractivity contribution in [1.29, 1.82) is 22.1 Å². The van der Waals surface area contributed by atoms with Gasteiger partial charge in [-0.05, 0) is 0 Å². The second-order valence-electron chi connectivity index (χ2n) is 3.45. The maximum Gasteiger partial charge on any atom is 0.298 e. The number of hydrogen-bond donors (Lipinski definition) is 5. The Balaban J connectivity index is 0.000000639. The highest BCUT2D eigenvalue weighted by Crippen LogP contribution is 2.23. The van der Waals surface area contributed by atoms with E-state index in [1.54, 1.807) is 6.07 Å². The molecule has 0 atom stereocenters. The van der Waals surface area contributed by atoms with Crippen LogP contribution in [0.25, 0.3) is 0 Å². The minimum atomic E-state index is -4.66. The Hall–Kier alpha value is -3.17. The zero-order valence-electron chi connectivity index (χ0n) is 10.8. The van der Waals surface area contributed by atoms with Crippen molar-refractivity contribution < 1.29 is 22.6 Å². The van der Waals surface area contributed by atoms with Crippen LogP contribution in [0.4, 0.5) is 0 Å². The van der Waals surface area contributed by atoms with E-state index in [1.165, 1.54) is 18.2 Å². The summed E-state index contributed by atoms with van der Waals surface area (Å²) in [5, 5.41) is 0. The summed E-state index contributed by atoms with van der Waals surface area (Å²) in [7, 11) is -4.66. The molecule has 1 aliphatic rings. The molecule has 0 fully saturated rings. The predicted octanol–water partition coefficient (Wildman–Crippen LogP) is 1.07. The van der Waals surface area contributed by atoms with E-state index in [2.05, 4.69) is 0 Å². The normalized spacial score (nSPS) is 12.1. The molecule has 0 unspecified atom stereocenters. The highest BCUT2D eigenvalue weighted by atomic mass is 32.2. The molecule has 0 aromatic heterocycles. The Morgan fingerprint density at radius 1 is 0.909 bits per heavy atom. The third-order valence-corrected chi connectivity index (χ3v) is 3.06. The summed E-state index contributed by atoms with van der Waals surface area (Å²) in [4.78, 5) is 26.3. The Morgan fingerprint density at radius 3 is 1.73 bits per heavy atom. The Kier molecular flexibility index (Phi) is 7.01. The van der Waals surface area contributed by atoms with Crippen LogP contribution in [0, 0.1) is 22.1 Å². The van der Waals surface area contributed by atoms with Gasteiger partial charge in [0.2, 0.25) is 15.6 Å². The summed E-state index contributed by atoms with van der Waals surface area (Å²) in [5.74, 6) is -1.47. The van der Waals surface area contributed by atoms with Gasteiger partial charge in [-0.15, -0.1) is 0 Å². The van der Waals surface area contributed by atoms with Gasteiger partial charge in [0.15, 0.2) is 5.78 Å². The van der Waals surface area contributed by atoms with Gasteiger partial charge in [-0.3, -0.25) is 14.1 Å². The zero-order chi connectivity index (χ0) is 17.3. The van der Waals surface area contributed by atoms with Crippen LogP contribution in [-0.2, 0) is 10.1 Å². The summed E-state index contributed by atoms with van der Waals surface area (Å²) in [5.41, 5.74) is 22.1. The van der Waals surface area contributed by atoms with Crippen molar-refractivity contribution in [1.82, 2.24) is 9.82 Å². The highest BCUT2D eigenvalue weighted by Gasteiger charge is 2.31. The van der Waals surface area contributed by atoms with E-state index < -0.39 is 26.6 Å². The van der Waals surface area contributed by atoms with Crippen LogP contribution < -0.4 is 9.82 Å². The van der Waals surface area contributed by atoms with Gasteiger partial charge in [-0.25, -0.2) is 0 Å². The first-order chi connectivity index (χ1) is 10.2. The molecular weight excluding hydrogens is 316 g/mol. The standard InChI is InChI=1S/C10H6O5S.2H2N3/c11-8-5-9(16(13,14)15)10(12)7-4-2-1-3-6(7)8;2*1-3-2/h1-5H,(H,13,14,15);2*1-2H/q;2*+1. The molecule has 0 saturated carbocycles. The lowest BCUT2D eigenvalue weighted by atomic mass is 9.95. The summed E-state index contributed by atoms with van der Waals surface area (Å²) < 4.78 is 30.5. The number of ketones is 2. The van der Waals surface area contributed by atoms with Gasteiger partial charge in [0.05, 0.1) is 0 Å². The van der Waals surface area contributed by atoms with E-state index in [-0.39, 0.29) is 11.1 Å². The Bertz CT molecular complexity index is 789. The van der Waals surface area contributed by atoms with E-state index in [0.717, 1.165) is 0 Å². The molecule has 0 bridgehead atoms. The Morgan fingerprint density at radius 2 is 1.32 bits per heavy atom. The lowest BCUT2D eigenvalue weighted by molar-refractivity contribution is 0.0989. The quantitative estimate of drug-likeness (QED) is 0.290. The molecule has 0 aliphatic heterocycles. The lowest BCUT2D eigenvalue weighted by Crippen LogP contribution is -2.21. The number of fused-ring (bicyclic) bond motifs is 1. The van der Waals surface area contributed by atoms with E-state index in [0.29, 0.717) is 6.08 Å². The van der Waals surface area contributed by atoms with E-state index >= 15 is 0 Å². The number of Topliss-reactive ketones (excluding diaryl/α,β-unsaturated/α-hetero) is 1. The van der Waals surface area contributed by atoms with Crippen LogP contribution in [0.5, 0.6) is 0 Å². The van der Waals surface area contributed by atoms with Crippen molar-refractivity contribution in [3.8, 4) is 0 Å². The van der Waals surface area contributed by atoms with Crippen LogP contribution in [0.15, 0.2) is 35.2 Å². The van der Waals surface area contributed by atoms with Gasteiger partial charge >= 0.3 is 0 Å². The third kappa shape index (κ3) is 4.74. The van der Waals surface area contributed by atoms with Gasteiger partial charge in [-0.1, -0.05) is 24.3 Å². The second-order valence-corrected chi connectivity index (χ2v) is 4.84. The van der Waals surface area contributed by atoms with Crippen LogP contribution in [-0.4, -0.2) is 24.5 Å². The van der Waals surface area contributed by atoms with Gasteiger partial charge < -0.3 is 0 Å². The minimum absolute atomic E-state index is 0.0115. The second kappa shape index (κ2) is 8.19. The number of allylic oxidation sites excluding steroid dienone is 2. The first kappa shape index (κ1) is 18.8. The SMILES string of the molecule is N=[N+]=N.N=[N+]=N.O=C1C=C(S(=O)(=O)O)C(=O)c2ccccc21. The highest BCUT2D eigenvalue weighted by molar-refractivity contribution is 7.91. The first-order valence-corrected chi connectivity index (χ1v) is 6.62. The molecule has 114 valence electrons. The molecule has 1 aromatic carbocycles. The molecular formula is C10H10N6O5S+2. The molecule has 12 heteroatoms. The van der Waals surface area contributed by atoms with E-state index in [4.69, 9.17) is 26.7 Å². The number of nitrogens with zero attached hydrogens (tertiary/aromatic N) is 2. The number of carbonyl (C=O) groups is 2. The molecule has 0 saturated heterocycles. The summed E-state index contributed by atoms with van der Waals surface area (Å²) in [6.07, 6.45) is 0.639. The van der Waals surface area contributed by atoms with Crippen LogP contribution >= 0.6 is 0 Å². The van der Waals surface area contributed by atoms with Gasteiger partial charge in [0.1, 0.15) is 27.0 Å². The third-order valence-electron chi connectivity index (χ3n) is 2.20. The van der Waals surface area contributed by atoms with Gasteiger partial charge in [-0.2, -0.15) is 8.42 Å². The molecule has 1 aliphatic carbocycles. The first-order valence-electron chi connectivity index (χ1n) is 5.18. The molecule has 2 rings (SSSR count). The van der Waals surface area contributed by atoms with E-state index in [9.17, 15) is 18.0 Å². The summed E-state index contributed by atoms with van der Waals surface area (Å²) in [6, 6.07) is 5.84. The number of carbonyl (C=O) groups excluding carboxylic acids is 2. The maximum absolute atomic E-state index is 11.6. The fraction of sp³-hybridized carbons (Fsp3) is 0. The lowest BCUT2D eigenvalue weighted by Gasteiger charge is -2.12. The minimum Gasteiger partial charge on any atom is -0.289 e. The van der Waals surface area contributed by atoms with Gasteiger partial charge in [0, 0.05) is 17.2 Å².